The Morgan fingerprint density at radius 2 is 1.80 bits per heavy atom. The number of H-pyrrole nitrogens is 1. The zero-order chi connectivity index (χ0) is 28.7. The van der Waals surface area contributed by atoms with Crippen molar-refractivity contribution in [2.45, 2.75) is 54.5 Å². The molecule has 212 valence electrons. The number of hydrogen-bond donors (Lipinski definition) is 2. The van der Waals surface area contributed by atoms with Crippen molar-refractivity contribution in [1.29, 1.82) is 0 Å². The lowest BCUT2D eigenvalue weighted by Gasteiger charge is -2.41. The highest BCUT2D eigenvalue weighted by Gasteiger charge is 2.59. The Balaban J connectivity index is 1.52. The summed E-state index contributed by atoms with van der Waals surface area (Å²) in [7, 11) is 0. The number of halogens is 2. The number of likely N-dealkylation sites (tertiary alicyclic amines) is 2. The van der Waals surface area contributed by atoms with Crippen molar-refractivity contribution in [1.82, 2.24) is 14.8 Å². The number of nitrogens with one attached hydrogen (secondary N) is 1. The van der Waals surface area contributed by atoms with E-state index in [1.807, 2.05) is 89.7 Å². The summed E-state index contributed by atoms with van der Waals surface area (Å²) >= 11 is 11.3. The van der Waals surface area contributed by atoms with Gasteiger partial charge in [-0.25, -0.2) is 0 Å². The third kappa shape index (κ3) is 5.55. The Morgan fingerprint density at radius 3 is 2.51 bits per heavy atom. The molecule has 2 aliphatic rings. The normalized spacial score (nSPS) is 21.7. The second kappa shape index (κ2) is 11.5. The monoisotopic (exact) mass is 651 g/mol. The molecule has 0 bridgehead atoms. The van der Waals surface area contributed by atoms with Crippen LogP contribution >= 0.6 is 39.3 Å². The minimum atomic E-state index is -1.11. The summed E-state index contributed by atoms with van der Waals surface area (Å²) in [6.07, 6.45) is 2.66. The van der Waals surface area contributed by atoms with Crippen molar-refractivity contribution in [2.75, 3.05) is 13.1 Å². The average molecular weight is 653 g/mol. The molecule has 1 aromatic heterocycles. The zero-order valence-corrected chi connectivity index (χ0v) is 25.8. The van der Waals surface area contributed by atoms with Gasteiger partial charge in [-0.15, -0.1) is 11.8 Å². The molecular formula is C32H31BrClN3O3S. The van der Waals surface area contributed by atoms with E-state index < -0.39 is 16.9 Å². The van der Waals surface area contributed by atoms with E-state index in [4.69, 9.17) is 11.6 Å². The van der Waals surface area contributed by atoms with Gasteiger partial charge in [0.1, 0.15) is 4.75 Å². The van der Waals surface area contributed by atoms with Crippen LogP contribution in [0.4, 0.5) is 0 Å². The highest BCUT2D eigenvalue weighted by atomic mass is 79.9. The molecule has 41 heavy (non-hydrogen) atoms. The van der Waals surface area contributed by atoms with E-state index >= 15 is 0 Å². The van der Waals surface area contributed by atoms with Crippen LogP contribution in [0, 0.1) is 6.92 Å². The number of hydrogen-bond acceptors (Lipinski definition) is 4. The van der Waals surface area contributed by atoms with Crippen LogP contribution in [0.5, 0.6) is 0 Å². The first kappa shape index (κ1) is 28.3. The molecule has 0 aliphatic carbocycles. The Hall–Kier alpha value is -2.78. The lowest BCUT2D eigenvalue weighted by molar-refractivity contribution is -0.136. The first-order valence-electron chi connectivity index (χ1n) is 13.8. The number of benzene rings is 3. The summed E-state index contributed by atoms with van der Waals surface area (Å²) in [5.74, 6) is -0.124. The highest BCUT2D eigenvalue weighted by Crippen LogP contribution is 2.55. The quantitative estimate of drug-likeness (QED) is 0.238. The van der Waals surface area contributed by atoms with E-state index in [2.05, 4.69) is 20.9 Å². The molecule has 2 fully saturated rings. The fraction of sp³-hybridized carbons (Fsp3) is 0.312. The standard InChI is InChI=1S/C32H31BrClN3O3S/c1-20-2-9-25(10-3-20)41-32(31(40)36-14-12-24(38)13-15-36)17-29(39)37(19-21-4-6-22(33)7-5-21)30(32)27-18-35-28-16-23(34)8-11-26(27)28/h2-11,16,18,24,30,35,38H,12-15,17,19H2,1H3. The molecule has 2 amide bonds. The van der Waals surface area contributed by atoms with Gasteiger partial charge in [0.25, 0.3) is 0 Å². The lowest BCUT2D eigenvalue weighted by atomic mass is 9.89. The van der Waals surface area contributed by atoms with Gasteiger partial charge in [0.05, 0.1) is 18.6 Å². The number of fused-ring (bicyclic) bond motifs is 1. The third-order valence-electron chi connectivity index (χ3n) is 8.16. The number of aliphatic hydroxyl groups excluding tert-OH is 1. The Morgan fingerprint density at radius 1 is 1.10 bits per heavy atom. The number of aromatic amines is 1. The number of aliphatic hydroxyl groups is 1. The van der Waals surface area contributed by atoms with Crippen LogP contribution in [0.3, 0.4) is 0 Å². The van der Waals surface area contributed by atoms with Crippen LogP contribution in [-0.2, 0) is 16.1 Å². The minimum Gasteiger partial charge on any atom is -0.393 e. The predicted molar refractivity (Wildman–Crippen MR) is 167 cm³/mol. The Labute approximate surface area is 257 Å². The van der Waals surface area contributed by atoms with Crippen LogP contribution in [0.1, 0.15) is 42.0 Å². The molecule has 2 saturated heterocycles. The Kier molecular flexibility index (Phi) is 7.94. The van der Waals surface area contributed by atoms with Gasteiger partial charge >= 0.3 is 0 Å². The summed E-state index contributed by atoms with van der Waals surface area (Å²) < 4.78 is -0.149. The number of amides is 2. The maximum absolute atomic E-state index is 14.8. The van der Waals surface area contributed by atoms with Crippen LogP contribution < -0.4 is 0 Å². The fourth-order valence-electron chi connectivity index (χ4n) is 6.03. The van der Waals surface area contributed by atoms with Crippen molar-refractivity contribution in [3.63, 3.8) is 0 Å². The molecule has 0 spiro atoms. The van der Waals surface area contributed by atoms with Crippen molar-refractivity contribution < 1.29 is 14.7 Å². The maximum Gasteiger partial charge on any atom is 0.242 e. The summed E-state index contributed by atoms with van der Waals surface area (Å²) in [5, 5.41) is 11.7. The topological polar surface area (TPSA) is 76.6 Å². The van der Waals surface area contributed by atoms with Crippen LogP contribution in [0.15, 0.2) is 82.3 Å². The molecule has 0 saturated carbocycles. The van der Waals surface area contributed by atoms with Gasteiger partial charge in [0.15, 0.2) is 0 Å². The van der Waals surface area contributed by atoms with Crippen molar-refractivity contribution in [2.24, 2.45) is 0 Å². The van der Waals surface area contributed by atoms with Crippen molar-refractivity contribution in [3.05, 3.63) is 99.1 Å². The number of piperidine rings is 1. The smallest absolute Gasteiger partial charge is 0.242 e. The number of nitrogens with zero attached hydrogens (tertiary/aromatic N) is 2. The second-order valence-electron chi connectivity index (χ2n) is 11.0. The highest BCUT2D eigenvalue weighted by molar-refractivity contribution is 9.10. The molecule has 6 rings (SSSR count). The van der Waals surface area contributed by atoms with Gasteiger partial charge in [-0.2, -0.15) is 0 Å². The molecule has 4 aromatic rings. The fourth-order valence-corrected chi connectivity index (χ4v) is 7.94. The summed E-state index contributed by atoms with van der Waals surface area (Å²) in [6.45, 7) is 3.34. The predicted octanol–water partition coefficient (Wildman–Crippen LogP) is 6.88. The molecule has 3 heterocycles. The molecule has 6 nitrogen and oxygen atoms in total. The summed E-state index contributed by atoms with van der Waals surface area (Å²) in [6, 6.07) is 21.2. The van der Waals surface area contributed by atoms with E-state index in [1.54, 1.807) is 0 Å². The summed E-state index contributed by atoms with van der Waals surface area (Å²) in [4.78, 5) is 36.9. The number of aromatic nitrogens is 1. The first-order chi connectivity index (χ1) is 19.7. The molecular weight excluding hydrogens is 622 g/mol. The van der Waals surface area contributed by atoms with Crippen molar-refractivity contribution >= 4 is 62.0 Å². The van der Waals surface area contributed by atoms with Crippen LogP contribution in [0.25, 0.3) is 10.9 Å². The number of aryl methyl sites for hydroxylation is 1. The lowest BCUT2D eigenvalue weighted by Crippen LogP contribution is -2.52. The van der Waals surface area contributed by atoms with Gasteiger partial charge in [-0.1, -0.05) is 63.4 Å². The SMILES string of the molecule is Cc1ccc(SC2(C(=O)N3CCC(O)CC3)CC(=O)N(Cc3ccc(Br)cc3)C2c2c[nH]c3cc(Cl)ccc23)cc1. The second-order valence-corrected chi connectivity index (χ2v) is 13.7. The molecule has 2 atom stereocenters. The number of rotatable bonds is 6. The molecule has 2 unspecified atom stereocenters. The number of carbonyl (C=O) groups excluding carboxylic acids is 2. The van der Waals surface area contributed by atoms with E-state index in [0.717, 1.165) is 37.0 Å². The van der Waals surface area contributed by atoms with Crippen LogP contribution in [0.2, 0.25) is 5.02 Å². The van der Waals surface area contributed by atoms with Gasteiger partial charge in [-0.3, -0.25) is 9.59 Å². The summed E-state index contributed by atoms with van der Waals surface area (Å²) in [5.41, 5.74) is 3.87. The number of thioether (sulfide) groups is 1. The molecule has 2 N–H and O–H groups in total. The van der Waals surface area contributed by atoms with Gasteiger partial charge < -0.3 is 19.9 Å². The average Bonchev–Trinajstić information content (AvgIpc) is 3.48. The first-order valence-corrected chi connectivity index (χ1v) is 15.8. The Bertz CT molecular complexity index is 1580. The van der Waals surface area contributed by atoms with Crippen LogP contribution in [-0.4, -0.2) is 55.6 Å². The minimum absolute atomic E-state index is 0.0602. The molecule has 3 aromatic carbocycles. The molecule has 9 heteroatoms. The van der Waals surface area contributed by atoms with Gasteiger partial charge in [0.2, 0.25) is 11.8 Å². The van der Waals surface area contributed by atoms with Gasteiger partial charge in [-0.05, 0) is 61.7 Å². The van der Waals surface area contributed by atoms with E-state index in [1.165, 1.54) is 11.8 Å². The van der Waals surface area contributed by atoms with Crippen molar-refractivity contribution in [3.8, 4) is 0 Å². The van der Waals surface area contributed by atoms with E-state index in [-0.39, 0.29) is 18.2 Å². The van der Waals surface area contributed by atoms with E-state index in [0.29, 0.717) is 37.5 Å². The number of carbonyl (C=O) groups is 2. The molecule has 0 radical (unpaired) electrons. The molecule has 2 aliphatic heterocycles. The largest absolute Gasteiger partial charge is 0.393 e. The van der Waals surface area contributed by atoms with E-state index in [9.17, 15) is 14.7 Å². The third-order valence-corrected chi connectivity index (χ3v) is 10.3. The van der Waals surface area contributed by atoms with Gasteiger partial charge in [0, 0.05) is 56.7 Å². The zero-order valence-electron chi connectivity index (χ0n) is 22.6. The maximum atomic E-state index is 14.8.